The van der Waals surface area contributed by atoms with Gasteiger partial charge in [-0.3, -0.25) is 4.90 Å². The van der Waals surface area contributed by atoms with Crippen LogP contribution in [0.25, 0.3) is 0 Å². The van der Waals surface area contributed by atoms with E-state index in [9.17, 15) is 0 Å². The number of rotatable bonds is 5. The topological polar surface area (TPSA) is 54.2 Å². The molecule has 0 saturated carbocycles. The van der Waals surface area contributed by atoms with Gasteiger partial charge < -0.3 is 9.84 Å². The van der Waals surface area contributed by atoms with E-state index in [1.54, 1.807) is 0 Å². The van der Waals surface area contributed by atoms with Crippen LogP contribution in [0.1, 0.15) is 50.7 Å². The fraction of sp³-hybridized carbons (Fsp3) is 0.857. The van der Waals surface area contributed by atoms with Gasteiger partial charge in [0.05, 0.1) is 6.54 Å². The highest BCUT2D eigenvalue weighted by atomic mass is 16.5. The van der Waals surface area contributed by atoms with Crippen molar-refractivity contribution in [3.63, 3.8) is 0 Å². The second-order valence-electron chi connectivity index (χ2n) is 6.03. The molecule has 2 fully saturated rings. The van der Waals surface area contributed by atoms with Crippen LogP contribution in [0.2, 0.25) is 0 Å². The Kier molecular flexibility index (Phi) is 3.84. The molecule has 5 nitrogen and oxygen atoms in total. The van der Waals surface area contributed by atoms with E-state index in [-0.39, 0.29) is 0 Å². The molecule has 5 heteroatoms. The minimum absolute atomic E-state index is 0.653. The molecule has 0 amide bonds. The van der Waals surface area contributed by atoms with Crippen LogP contribution in [0.3, 0.4) is 0 Å². The SMILES string of the molecule is CCCc1noc(CN(C)C2CC3CCC(C2)N3)n1. The molecule has 3 heterocycles. The third-order valence-corrected chi connectivity index (χ3v) is 4.44. The van der Waals surface area contributed by atoms with E-state index < -0.39 is 0 Å². The second kappa shape index (κ2) is 5.59. The van der Waals surface area contributed by atoms with E-state index in [2.05, 4.69) is 34.3 Å². The van der Waals surface area contributed by atoms with Crippen molar-refractivity contribution in [3.8, 4) is 0 Å². The lowest BCUT2D eigenvalue weighted by molar-refractivity contribution is 0.150. The number of aryl methyl sites for hydroxylation is 1. The monoisotopic (exact) mass is 264 g/mol. The van der Waals surface area contributed by atoms with E-state index >= 15 is 0 Å². The van der Waals surface area contributed by atoms with Gasteiger partial charge in [-0.15, -0.1) is 0 Å². The van der Waals surface area contributed by atoms with Crippen molar-refractivity contribution in [1.29, 1.82) is 0 Å². The van der Waals surface area contributed by atoms with Gasteiger partial charge in [0.15, 0.2) is 5.82 Å². The number of hydrogen-bond donors (Lipinski definition) is 1. The number of nitrogens with zero attached hydrogens (tertiary/aromatic N) is 3. The van der Waals surface area contributed by atoms with Crippen molar-refractivity contribution in [3.05, 3.63) is 11.7 Å². The molecule has 1 aromatic heterocycles. The molecular formula is C14H24N4O. The Hall–Kier alpha value is -0.940. The normalized spacial score (nSPS) is 30.2. The van der Waals surface area contributed by atoms with E-state index in [1.165, 1.54) is 25.7 Å². The Bertz CT molecular complexity index is 407. The van der Waals surface area contributed by atoms with Crippen LogP contribution in [0.4, 0.5) is 0 Å². The highest BCUT2D eigenvalue weighted by Gasteiger charge is 2.35. The molecule has 19 heavy (non-hydrogen) atoms. The summed E-state index contributed by atoms with van der Waals surface area (Å²) in [4.78, 5) is 6.84. The third-order valence-electron chi connectivity index (χ3n) is 4.44. The van der Waals surface area contributed by atoms with Gasteiger partial charge in [0, 0.05) is 24.5 Å². The van der Waals surface area contributed by atoms with E-state index in [1.807, 2.05) is 0 Å². The molecule has 0 radical (unpaired) electrons. The molecule has 1 aromatic rings. The minimum atomic E-state index is 0.653. The van der Waals surface area contributed by atoms with Crippen molar-refractivity contribution in [2.24, 2.45) is 0 Å². The molecule has 106 valence electrons. The first-order chi connectivity index (χ1) is 9.24. The lowest BCUT2D eigenvalue weighted by Crippen LogP contribution is -2.46. The molecule has 3 rings (SSSR count). The Morgan fingerprint density at radius 1 is 1.32 bits per heavy atom. The number of nitrogens with one attached hydrogen (secondary N) is 1. The van der Waals surface area contributed by atoms with Gasteiger partial charge >= 0.3 is 0 Å². The fourth-order valence-corrected chi connectivity index (χ4v) is 3.41. The average Bonchev–Trinajstić information content (AvgIpc) is 2.97. The van der Waals surface area contributed by atoms with Crippen LogP contribution in [0, 0.1) is 0 Å². The molecule has 2 unspecified atom stereocenters. The molecule has 2 aliphatic heterocycles. The van der Waals surface area contributed by atoms with E-state index in [4.69, 9.17) is 4.52 Å². The molecule has 2 aliphatic rings. The summed E-state index contributed by atoms with van der Waals surface area (Å²) in [7, 11) is 2.18. The van der Waals surface area contributed by atoms with Crippen molar-refractivity contribution in [1.82, 2.24) is 20.4 Å². The Balaban J connectivity index is 1.56. The number of hydrogen-bond acceptors (Lipinski definition) is 5. The molecule has 2 bridgehead atoms. The van der Waals surface area contributed by atoms with Crippen molar-refractivity contribution in [2.45, 2.75) is 70.1 Å². The molecule has 0 aromatic carbocycles. The van der Waals surface area contributed by atoms with Gasteiger partial charge in [-0.05, 0) is 39.2 Å². The maximum atomic E-state index is 5.33. The zero-order chi connectivity index (χ0) is 13.2. The summed E-state index contributed by atoms with van der Waals surface area (Å²) in [5, 5.41) is 7.70. The van der Waals surface area contributed by atoms with Crippen LogP contribution in [-0.2, 0) is 13.0 Å². The summed E-state index contributed by atoms with van der Waals surface area (Å²) in [6.45, 7) is 2.91. The van der Waals surface area contributed by atoms with Gasteiger partial charge in [-0.25, -0.2) is 0 Å². The molecule has 1 N–H and O–H groups in total. The minimum Gasteiger partial charge on any atom is -0.338 e. The van der Waals surface area contributed by atoms with Crippen molar-refractivity contribution < 1.29 is 4.52 Å². The summed E-state index contributed by atoms with van der Waals surface area (Å²) in [6.07, 6.45) is 7.16. The first kappa shape index (κ1) is 13.1. The predicted octanol–water partition coefficient (Wildman–Crippen LogP) is 1.74. The van der Waals surface area contributed by atoms with Crippen molar-refractivity contribution >= 4 is 0 Å². The first-order valence-electron chi connectivity index (χ1n) is 7.52. The number of fused-ring (bicyclic) bond motifs is 2. The van der Waals surface area contributed by atoms with Crippen LogP contribution in [-0.4, -0.2) is 40.2 Å². The molecule has 0 aliphatic carbocycles. The summed E-state index contributed by atoms with van der Waals surface area (Å²) in [5.41, 5.74) is 0. The molecule has 2 atom stereocenters. The first-order valence-corrected chi connectivity index (χ1v) is 7.52. The third kappa shape index (κ3) is 2.98. The van der Waals surface area contributed by atoms with Gasteiger partial charge in [0.1, 0.15) is 0 Å². The van der Waals surface area contributed by atoms with Gasteiger partial charge in [0.25, 0.3) is 0 Å². The fourth-order valence-electron chi connectivity index (χ4n) is 3.41. The molecule has 2 saturated heterocycles. The maximum absolute atomic E-state index is 5.33. The largest absolute Gasteiger partial charge is 0.338 e. The molecular weight excluding hydrogens is 240 g/mol. The summed E-state index contributed by atoms with van der Waals surface area (Å²) in [6, 6.07) is 2.11. The van der Waals surface area contributed by atoms with E-state index in [0.29, 0.717) is 6.04 Å². The Morgan fingerprint density at radius 3 is 2.74 bits per heavy atom. The maximum Gasteiger partial charge on any atom is 0.240 e. The van der Waals surface area contributed by atoms with Gasteiger partial charge in [-0.2, -0.15) is 4.98 Å². The Labute approximate surface area is 114 Å². The van der Waals surface area contributed by atoms with Gasteiger partial charge in [0.2, 0.25) is 5.89 Å². The van der Waals surface area contributed by atoms with Crippen LogP contribution < -0.4 is 5.32 Å². The van der Waals surface area contributed by atoms with Crippen LogP contribution in [0.15, 0.2) is 4.52 Å². The lowest BCUT2D eigenvalue weighted by Gasteiger charge is -2.34. The summed E-state index contributed by atoms with van der Waals surface area (Å²) in [5.74, 6) is 1.60. The van der Waals surface area contributed by atoms with Crippen molar-refractivity contribution in [2.75, 3.05) is 7.05 Å². The predicted molar refractivity (Wildman–Crippen MR) is 72.7 cm³/mol. The highest BCUT2D eigenvalue weighted by molar-refractivity contribution is 4.96. The van der Waals surface area contributed by atoms with E-state index in [0.717, 1.165) is 43.2 Å². The van der Waals surface area contributed by atoms with Crippen LogP contribution in [0.5, 0.6) is 0 Å². The average molecular weight is 264 g/mol. The lowest BCUT2D eigenvalue weighted by atomic mass is 9.98. The zero-order valence-corrected chi connectivity index (χ0v) is 11.9. The highest BCUT2D eigenvalue weighted by Crippen LogP contribution is 2.29. The zero-order valence-electron chi connectivity index (χ0n) is 11.9. The van der Waals surface area contributed by atoms with Gasteiger partial charge in [-0.1, -0.05) is 12.1 Å². The summed E-state index contributed by atoms with van der Waals surface area (Å²) < 4.78 is 5.33. The second-order valence-corrected chi connectivity index (χ2v) is 6.03. The summed E-state index contributed by atoms with van der Waals surface area (Å²) >= 11 is 0. The quantitative estimate of drug-likeness (QED) is 0.878. The smallest absolute Gasteiger partial charge is 0.240 e. The number of aromatic nitrogens is 2. The Morgan fingerprint density at radius 2 is 2.05 bits per heavy atom. The molecule has 0 spiro atoms. The standard InChI is InChI=1S/C14H24N4O/c1-3-4-13-16-14(19-17-13)9-18(2)12-7-10-5-6-11(8-12)15-10/h10-12,15H,3-9H2,1-2H3. The van der Waals surface area contributed by atoms with Crippen LogP contribution >= 0.6 is 0 Å². The number of piperidine rings is 1.